The summed E-state index contributed by atoms with van der Waals surface area (Å²) >= 11 is 3.44. The number of carbonyl (C=O) groups is 2. The molecule has 0 radical (unpaired) electrons. The number of amides is 2. The average molecular weight is 512 g/mol. The second kappa shape index (κ2) is 11.0. The Hall–Kier alpha value is -2.39. The van der Waals surface area contributed by atoms with E-state index < -0.39 is 17.6 Å². The molecule has 2 amide bonds. The van der Waals surface area contributed by atoms with Crippen molar-refractivity contribution in [3.05, 3.63) is 69.7 Å². The summed E-state index contributed by atoms with van der Waals surface area (Å²) in [4.78, 5) is 26.5. The molecular weight excluding hydrogens is 487 g/mol. The quantitative estimate of drug-likeness (QED) is 0.584. The Labute approximate surface area is 193 Å². The zero-order valence-corrected chi connectivity index (χ0v) is 19.0. The number of nitrogens with one attached hydrogen (secondary N) is 2. The van der Waals surface area contributed by atoms with E-state index in [2.05, 4.69) is 43.6 Å². The SMILES string of the molecule is O=C(CNC(=O)c1cccc(C(F)(F)F)c1)NCC1CCN(Cc2ccc(Br)cc2)CC1. The lowest BCUT2D eigenvalue weighted by Gasteiger charge is -2.32. The van der Waals surface area contributed by atoms with Gasteiger partial charge in [-0.25, -0.2) is 0 Å². The van der Waals surface area contributed by atoms with Crippen molar-refractivity contribution in [1.82, 2.24) is 15.5 Å². The molecule has 9 heteroatoms. The van der Waals surface area contributed by atoms with Crippen LogP contribution in [0.3, 0.4) is 0 Å². The van der Waals surface area contributed by atoms with Crippen LogP contribution in [0, 0.1) is 5.92 Å². The highest BCUT2D eigenvalue weighted by molar-refractivity contribution is 9.10. The fourth-order valence-electron chi connectivity index (χ4n) is 3.62. The van der Waals surface area contributed by atoms with Gasteiger partial charge in [0.15, 0.2) is 0 Å². The van der Waals surface area contributed by atoms with Gasteiger partial charge < -0.3 is 10.6 Å². The molecule has 1 saturated heterocycles. The Morgan fingerprint density at radius 3 is 2.38 bits per heavy atom. The number of hydrogen-bond acceptors (Lipinski definition) is 3. The van der Waals surface area contributed by atoms with Crippen molar-refractivity contribution in [2.45, 2.75) is 25.6 Å². The van der Waals surface area contributed by atoms with Gasteiger partial charge in [-0.1, -0.05) is 34.1 Å². The zero-order chi connectivity index (χ0) is 23.1. The summed E-state index contributed by atoms with van der Waals surface area (Å²) in [6.45, 7) is 3.03. The van der Waals surface area contributed by atoms with Crippen LogP contribution in [0.25, 0.3) is 0 Å². The van der Waals surface area contributed by atoms with Crippen LogP contribution in [0.5, 0.6) is 0 Å². The van der Waals surface area contributed by atoms with Gasteiger partial charge >= 0.3 is 6.18 Å². The third-order valence-electron chi connectivity index (χ3n) is 5.48. The van der Waals surface area contributed by atoms with Crippen molar-refractivity contribution in [2.24, 2.45) is 5.92 Å². The van der Waals surface area contributed by atoms with Crippen LogP contribution in [-0.2, 0) is 17.5 Å². The molecule has 0 saturated carbocycles. The molecule has 2 aromatic rings. The maximum Gasteiger partial charge on any atom is 0.416 e. The third-order valence-corrected chi connectivity index (χ3v) is 6.00. The van der Waals surface area contributed by atoms with Crippen LogP contribution in [0.1, 0.15) is 34.3 Å². The molecule has 0 atom stereocenters. The Kier molecular flexibility index (Phi) is 8.31. The largest absolute Gasteiger partial charge is 0.416 e. The fraction of sp³-hybridized carbons (Fsp3) is 0.391. The van der Waals surface area contributed by atoms with Gasteiger partial charge in [-0.3, -0.25) is 14.5 Å². The summed E-state index contributed by atoms with van der Waals surface area (Å²) in [5.74, 6) is -0.714. The van der Waals surface area contributed by atoms with E-state index in [0.717, 1.165) is 49.1 Å². The van der Waals surface area contributed by atoms with Crippen molar-refractivity contribution < 1.29 is 22.8 Å². The highest BCUT2D eigenvalue weighted by Crippen LogP contribution is 2.29. The van der Waals surface area contributed by atoms with Crippen molar-refractivity contribution >= 4 is 27.7 Å². The van der Waals surface area contributed by atoms with Crippen LogP contribution in [0.4, 0.5) is 13.2 Å². The Balaban J connectivity index is 1.36. The number of nitrogens with zero attached hydrogens (tertiary/aromatic N) is 1. The van der Waals surface area contributed by atoms with Gasteiger partial charge in [0.05, 0.1) is 12.1 Å². The lowest BCUT2D eigenvalue weighted by atomic mass is 9.96. The number of carbonyl (C=O) groups excluding carboxylic acids is 2. The molecule has 0 spiro atoms. The molecule has 0 unspecified atom stereocenters. The summed E-state index contributed by atoms with van der Waals surface area (Å²) in [6.07, 6.45) is -2.59. The Morgan fingerprint density at radius 1 is 1.03 bits per heavy atom. The Bertz CT molecular complexity index is 927. The molecule has 1 aliphatic heterocycles. The van der Waals surface area contributed by atoms with E-state index in [1.54, 1.807) is 0 Å². The summed E-state index contributed by atoms with van der Waals surface area (Å²) in [5.41, 5.74) is 0.225. The number of likely N-dealkylation sites (tertiary alicyclic amines) is 1. The van der Waals surface area contributed by atoms with Crippen molar-refractivity contribution in [3.63, 3.8) is 0 Å². The zero-order valence-electron chi connectivity index (χ0n) is 17.4. The molecule has 0 bridgehead atoms. The maximum absolute atomic E-state index is 12.8. The minimum absolute atomic E-state index is 0.134. The molecule has 1 heterocycles. The van der Waals surface area contributed by atoms with E-state index in [-0.39, 0.29) is 18.0 Å². The first-order valence-corrected chi connectivity index (χ1v) is 11.2. The smallest absolute Gasteiger partial charge is 0.354 e. The standard InChI is InChI=1S/C23H25BrF3N3O2/c24-20-6-4-17(5-7-20)15-30-10-8-16(9-11-30)13-28-21(31)14-29-22(32)18-2-1-3-19(12-18)23(25,26)27/h1-7,12,16H,8-11,13-15H2,(H,28,31)(H,29,32). The molecule has 1 fully saturated rings. The van der Waals surface area contributed by atoms with Crippen LogP contribution in [0.15, 0.2) is 53.0 Å². The molecule has 0 aliphatic carbocycles. The van der Waals surface area contributed by atoms with Gasteiger partial charge in [-0.05, 0) is 67.7 Å². The molecule has 1 aliphatic rings. The van der Waals surface area contributed by atoms with Gasteiger partial charge in [0.1, 0.15) is 0 Å². The molecular formula is C23H25BrF3N3O2. The van der Waals surface area contributed by atoms with Gasteiger partial charge in [0.25, 0.3) is 5.91 Å². The fourth-order valence-corrected chi connectivity index (χ4v) is 3.88. The lowest BCUT2D eigenvalue weighted by molar-refractivity contribution is -0.137. The normalized spacial score (nSPS) is 15.4. The van der Waals surface area contributed by atoms with Crippen LogP contribution in [0.2, 0.25) is 0 Å². The van der Waals surface area contributed by atoms with Gasteiger partial charge in [0.2, 0.25) is 5.91 Å². The van der Waals surface area contributed by atoms with Crippen molar-refractivity contribution in [3.8, 4) is 0 Å². The average Bonchev–Trinajstić information content (AvgIpc) is 2.78. The van der Waals surface area contributed by atoms with Crippen LogP contribution < -0.4 is 10.6 Å². The van der Waals surface area contributed by atoms with Gasteiger partial charge in [-0.15, -0.1) is 0 Å². The first kappa shape index (κ1) is 24.3. The minimum Gasteiger partial charge on any atom is -0.354 e. The number of alkyl halides is 3. The molecule has 0 aromatic heterocycles. The van der Waals surface area contributed by atoms with Crippen LogP contribution in [-0.4, -0.2) is 42.9 Å². The topological polar surface area (TPSA) is 61.4 Å². The molecule has 2 N–H and O–H groups in total. The molecule has 2 aromatic carbocycles. The van der Waals surface area contributed by atoms with E-state index >= 15 is 0 Å². The minimum atomic E-state index is -4.53. The molecule has 3 rings (SSSR count). The summed E-state index contributed by atoms with van der Waals surface area (Å²) in [5, 5.41) is 5.18. The van der Waals surface area contributed by atoms with Crippen LogP contribution >= 0.6 is 15.9 Å². The molecule has 5 nitrogen and oxygen atoms in total. The predicted molar refractivity (Wildman–Crippen MR) is 119 cm³/mol. The highest BCUT2D eigenvalue weighted by Gasteiger charge is 2.31. The second-order valence-electron chi connectivity index (χ2n) is 7.91. The van der Waals surface area contributed by atoms with E-state index in [4.69, 9.17) is 0 Å². The molecule has 172 valence electrons. The second-order valence-corrected chi connectivity index (χ2v) is 8.83. The third kappa shape index (κ3) is 7.34. The first-order chi connectivity index (χ1) is 15.2. The summed E-state index contributed by atoms with van der Waals surface area (Å²) in [6, 6.07) is 12.4. The number of benzene rings is 2. The van der Waals surface area contributed by atoms with E-state index in [9.17, 15) is 22.8 Å². The molecule has 32 heavy (non-hydrogen) atoms. The maximum atomic E-state index is 12.8. The summed E-state index contributed by atoms with van der Waals surface area (Å²) in [7, 11) is 0. The Morgan fingerprint density at radius 2 is 1.72 bits per heavy atom. The van der Waals surface area contributed by atoms with Gasteiger partial charge in [-0.2, -0.15) is 13.2 Å². The number of rotatable bonds is 7. The first-order valence-electron chi connectivity index (χ1n) is 10.4. The summed E-state index contributed by atoms with van der Waals surface area (Å²) < 4.78 is 39.4. The predicted octanol–water partition coefficient (Wildman–Crippen LogP) is 4.23. The van der Waals surface area contributed by atoms with Crippen molar-refractivity contribution in [1.29, 1.82) is 0 Å². The van der Waals surface area contributed by atoms with E-state index in [1.807, 2.05) is 12.1 Å². The lowest BCUT2D eigenvalue weighted by Crippen LogP contribution is -2.41. The van der Waals surface area contributed by atoms with E-state index in [1.165, 1.54) is 17.7 Å². The van der Waals surface area contributed by atoms with Gasteiger partial charge in [0, 0.05) is 23.1 Å². The highest BCUT2D eigenvalue weighted by atomic mass is 79.9. The van der Waals surface area contributed by atoms with E-state index in [0.29, 0.717) is 12.5 Å². The number of piperidine rings is 1. The monoisotopic (exact) mass is 511 g/mol. The van der Waals surface area contributed by atoms with Crippen molar-refractivity contribution in [2.75, 3.05) is 26.2 Å². The number of halogens is 4. The number of hydrogen-bond donors (Lipinski definition) is 2.